The van der Waals surface area contributed by atoms with Crippen LogP contribution in [0.2, 0.25) is 0 Å². The van der Waals surface area contributed by atoms with E-state index >= 15 is 0 Å². The Balaban J connectivity index is 1.29. The number of nitrogens with zero attached hydrogens (tertiary/aromatic N) is 1. The van der Waals surface area contributed by atoms with Crippen LogP contribution < -0.4 is 10.6 Å². The summed E-state index contributed by atoms with van der Waals surface area (Å²) in [6.45, 7) is 6.00. The third-order valence-corrected chi connectivity index (χ3v) is 9.44. The summed E-state index contributed by atoms with van der Waals surface area (Å²) in [6.07, 6.45) is 20.2. The van der Waals surface area contributed by atoms with Crippen LogP contribution in [0.15, 0.2) is 48.5 Å². The molecule has 2 amide bonds. The molecule has 2 aromatic carbocycles. The molecular formula is C41H61N3O6. The summed E-state index contributed by atoms with van der Waals surface area (Å²) < 4.78 is 10.7. The van der Waals surface area contributed by atoms with Crippen LogP contribution in [0, 0.1) is 6.92 Å². The molecule has 9 heteroatoms. The highest BCUT2D eigenvalue weighted by Crippen LogP contribution is 2.17. The normalized spacial score (nSPS) is 14.3. The van der Waals surface area contributed by atoms with Gasteiger partial charge in [0.2, 0.25) is 5.91 Å². The van der Waals surface area contributed by atoms with Crippen molar-refractivity contribution in [3.05, 3.63) is 70.8 Å². The van der Waals surface area contributed by atoms with Gasteiger partial charge in [0, 0.05) is 32.6 Å². The summed E-state index contributed by atoms with van der Waals surface area (Å²) in [5.74, 6) is -1.56. The summed E-state index contributed by atoms with van der Waals surface area (Å²) in [4.78, 5) is 53.0. The maximum absolute atomic E-state index is 13.1. The van der Waals surface area contributed by atoms with Crippen LogP contribution in [-0.4, -0.2) is 61.1 Å². The van der Waals surface area contributed by atoms with E-state index in [9.17, 15) is 19.2 Å². The van der Waals surface area contributed by atoms with Crippen LogP contribution >= 0.6 is 0 Å². The monoisotopic (exact) mass is 691 g/mol. The molecule has 1 atom stereocenters. The molecule has 1 fully saturated rings. The Kier molecular flexibility index (Phi) is 19.9. The first-order valence-electron chi connectivity index (χ1n) is 19.2. The predicted molar refractivity (Wildman–Crippen MR) is 198 cm³/mol. The van der Waals surface area contributed by atoms with Gasteiger partial charge in [0.05, 0.1) is 17.2 Å². The lowest BCUT2D eigenvalue weighted by atomic mass is 10.0. The molecule has 50 heavy (non-hydrogen) atoms. The number of amides is 2. The SMILES string of the molecule is CCCCCCCCCCCCCCCCCCNC(=O)CC1CNCCN1C(=O)OC(=O)c1ccc(C)c(C(=O)OCc2ccccc2)c1. The van der Waals surface area contributed by atoms with Crippen molar-refractivity contribution < 1.29 is 28.7 Å². The van der Waals surface area contributed by atoms with Gasteiger partial charge in [-0.15, -0.1) is 0 Å². The number of rotatable bonds is 23. The van der Waals surface area contributed by atoms with E-state index in [1.165, 1.54) is 107 Å². The Bertz CT molecular complexity index is 1300. The topological polar surface area (TPSA) is 114 Å². The first kappa shape index (κ1) is 40.7. The lowest BCUT2D eigenvalue weighted by Gasteiger charge is -2.34. The maximum atomic E-state index is 13.1. The van der Waals surface area contributed by atoms with Crippen LogP contribution in [0.4, 0.5) is 4.79 Å². The van der Waals surface area contributed by atoms with E-state index in [4.69, 9.17) is 9.47 Å². The largest absolute Gasteiger partial charge is 0.457 e. The number of aryl methyl sites for hydroxylation is 1. The Morgan fingerprint density at radius 1 is 0.780 bits per heavy atom. The van der Waals surface area contributed by atoms with Crippen molar-refractivity contribution in [3.8, 4) is 0 Å². The van der Waals surface area contributed by atoms with Gasteiger partial charge in [-0.3, -0.25) is 4.79 Å². The average molecular weight is 692 g/mol. The van der Waals surface area contributed by atoms with Crippen LogP contribution in [0.1, 0.15) is 148 Å². The minimum Gasteiger partial charge on any atom is -0.457 e. The third kappa shape index (κ3) is 15.9. The Hall–Kier alpha value is -3.72. The molecule has 0 aromatic heterocycles. The standard InChI is InChI=1S/C41H61N3O6/c1-3-4-5-6-7-8-9-10-11-12-13-14-15-16-17-21-26-43-38(45)30-36-31-42-27-28-44(36)41(48)50-39(46)35-25-24-33(2)37(29-35)40(47)49-32-34-22-19-18-20-23-34/h18-20,22-25,29,36,42H,3-17,21,26-28,30-32H2,1-2H3,(H,43,45). The summed E-state index contributed by atoms with van der Waals surface area (Å²) in [5.41, 5.74) is 1.78. The zero-order chi connectivity index (χ0) is 35.8. The lowest BCUT2D eigenvalue weighted by molar-refractivity contribution is -0.122. The second-order valence-electron chi connectivity index (χ2n) is 13.7. The Morgan fingerprint density at radius 3 is 2.00 bits per heavy atom. The molecular weight excluding hydrogens is 630 g/mol. The van der Waals surface area contributed by atoms with Gasteiger partial charge >= 0.3 is 18.0 Å². The number of carbonyl (C=O) groups excluding carboxylic acids is 4. The predicted octanol–water partition coefficient (Wildman–Crippen LogP) is 8.67. The average Bonchev–Trinajstić information content (AvgIpc) is 3.12. The molecule has 1 aliphatic rings. The highest BCUT2D eigenvalue weighted by molar-refractivity contribution is 5.99. The zero-order valence-electron chi connectivity index (χ0n) is 30.6. The highest BCUT2D eigenvalue weighted by Gasteiger charge is 2.31. The number of hydrogen-bond donors (Lipinski definition) is 2. The molecule has 0 bridgehead atoms. The van der Waals surface area contributed by atoms with Gasteiger partial charge in [-0.2, -0.15) is 0 Å². The van der Waals surface area contributed by atoms with E-state index in [0.29, 0.717) is 31.7 Å². The molecule has 0 aliphatic carbocycles. The fraction of sp³-hybridized carbons (Fsp3) is 0.610. The Labute approximate surface area is 300 Å². The first-order valence-corrected chi connectivity index (χ1v) is 19.2. The van der Waals surface area contributed by atoms with Crippen LogP contribution in [0.5, 0.6) is 0 Å². The molecule has 1 heterocycles. The van der Waals surface area contributed by atoms with Crippen molar-refractivity contribution in [2.24, 2.45) is 0 Å². The molecule has 1 saturated heterocycles. The molecule has 2 N–H and O–H groups in total. The minimum absolute atomic E-state index is 0.0684. The lowest BCUT2D eigenvalue weighted by Crippen LogP contribution is -2.55. The fourth-order valence-electron chi connectivity index (χ4n) is 6.34. The van der Waals surface area contributed by atoms with Gasteiger partial charge in [-0.05, 0) is 36.6 Å². The molecule has 2 aromatic rings. The van der Waals surface area contributed by atoms with E-state index in [0.717, 1.165) is 18.4 Å². The fourth-order valence-corrected chi connectivity index (χ4v) is 6.34. The van der Waals surface area contributed by atoms with Crippen LogP contribution in [0.25, 0.3) is 0 Å². The minimum atomic E-state index is -0.864. The van der Waals surface area contributed by atoms with Gasteiger partial charge in [-0.25, -0.2) is 14.4 Å². The van der Waals surface area contributed by atoms with Gasteiger partial charge in [-0.1, -0.05) is 140 Å². The number of unbranched alkanes of at least 4 members (excludes halogenated alkanes) is 15. The zero-order valence-corrected chi connectivity index (χ0v) is 30.6. The number of hydrogen-bond acceptors (Lipinski definition) is 7. The van der Waals surface area contributed by atoms with Crippen molar-refractivity contribution in [1.29, 1.82) is 0 Å². The molecule has 0 radical (unpaired) electrons. The second kappa shape index (κ2) is 24.4. The number of benzene rings is 2. The smallest absolute Gasteiger partial charge is 0.418 e. The molecule has 0 saturated carbocycles. The highest BCUT2D eigenvalue weighted by atomic mass is 16.6. The molecule has 1 aliphatic heterocycles. The van der Waals surface area contributed by atoms with Crippen molar-refractivity contribution in [3.63, 3.8) is 0 Å². The van der Waals surface area contributed by atoms with Crippen molar-refractivity contribution in [1.82, 2.24) is 15.5 Å². The summed E-state index contributed by atoms with van der Waals surface area (Å²) in [7, 11) is 0. The molecule has 1 unspecified atom stereocenters. The third-order valence-electron chi connectivity index (χ3n) is 9.44. The Morgan fingerprint density at radius 2 is 1.38 bits per heavy atom. The first-order chi connectivity index (χ1) is 24.4. The number of carbonyl (C=O) groups is 4. The number of ether oxygens (including phenoxy) is 2. The second-order valence-corrected chi connectivity index (χ2v) is 13.7. The maximum Gasteiger partial charge on any atom is 0.418 e. The van der Waals surface area contributed by atoms with Gasteiger partial charge < -0.3 is 25.0 Å². The van der Waals surface area contributed by atoms with E-state index in [1.807, 2.05) is 30.3 Å². The summed E-state index contributed by atoms with van der Waals surface area (Å²) in [6, 6.07) is 13.4. The molecule has 9 nitrogen and oxygen atoms in total. The van der Waals surface area contributed by atoms with Gasteiger partial charge in [0.1, 0.15) is 6.61 Å². The summed E-state index contributed by atoms with van der Waals surface area (Å²) in [5, 5.41) is 6.21. The summed E-state index contributed by atoms with van der Waals surface area (Å²) >= 11 is 0. The van der Waals surface area contributed by atoms with E-state index in [-0.39, 0.29) is 30.1 Å². The van der Waals surface area contributed by atoms with Crippen molar-refractivity contribution in [2.75, 3.05) is 26.2 Å². The van der Waals surface area contributed by atoms with Gasteiger partial charge in [0.15, 0.2) is 0 Å². The van der Waals surface area contributed by atoms with Crippen LogP contribution in [0.3, 0.4) is 0 Å². The van der Waals surface area contributed by atoms with E-state index < -0.39 is 24.1 Å². The van der Waals surface area contributed by atoms with Gasteiger partial charge in [0.25, 0.3) is 0 Å². The van der Waals surface area contributed by atoms with E-state index in [2.05, 4.69) is 17.6 Å². The molecule has 0 spiro atoms. The van der Waals surface area contributed by atoms with Crippen molar-refractivity contribution in [2.45, 2.75) is 136 Å². The number of piperazine rings is 1. The van der Waals surface area contributed by atoms with Crippen LogP contribution in [-0.2, 0) is 20.9 Å². The number of esters is 2. The van der Waals surface area contributed by atoms with E-state index in [1.54, 1.807) is 13.0 Å². The molecule has 3 rings (SSSR count). The quantitative estimate of drug-likeness (QED) is 0.0681. The molecule has 276 valence electrons. The van der Waals surface area contributed by atoms with Crippen molar-refractivity contribution >= 4 is 23.9 Å². The number of nitrogens with one attached hydrogen (secondary N) is 2.